The Kier molecular flexibility index (Phi) is 6.57. The van der Waals surface area contributed by atoms with E-state index in [9.17, 15) is 9.59 Å². The molecule has 8 heteroatoms. The maximum atomic E-state index is 11.9. The van der Waals surface area contributed by atoms with Gasteiger partial charge in [-0.1, -0.05) is 24.6 Å². The van der Waals surface area contributed by atoms with E-state index < -0.39 is 6.03 Å². The summed E-state index contributed by atoms with van der Waals surface area (Å²) in [5, 5.41) is 10.9. The summed E-state index contributed by atoms with van der Waals surface area (Å²) >= 11 is 7.14. The lowest BCUT2D eigenvalue weighted by Gasteiger charge is -2.10. The maximum Gasteiger partial charge on any atom is 0.325 e. The van der Waals surface area contributed by atoms with Crippen LogP contribution in [0.15, 0.2) is 29.6 Å². The lowest BCUT2D eigenvalue weighted by Crippen LogP contribution is -2.33. The molecular formula is C16H19ClN4O2S. The average molecular weight is 367 g/mol. The molecule has 0 spiro atoms. The van der Waals surface area contributed by atoms with E-state index >= 15 is 0 Å². The molecule has 0 saturated heterocycles. The maximum absolute atomic E-state index is 11.9. The van der Waals surface area contributed by atoms with Gasteiger partial charge in [-0.3, -0.25) is 10.1 Å². The van der Waals surface area contributed by atoms with Gasteiger partial charge in [0.1, 0.15) is 0 Å². The van der Waals surface area contributed by atoms with Crippen LogP contribution in [-0.4, -0.2) is 23.0 Å². The van der Waals surface area contributed by atoms with E-state index in [1.54, 1.807) is 29.6 Å². The van der Waals surface area contributed by atoms with Crippen LogP contribution in [0.1, 0.15) is 26.0 Å². The second-order valence-electron chi connectivity index (χ2n) is 5.29. The van der Waals surface area contributed by atoms with E-state index in [0.717, 1.165) is 6.42 Å². The fraction of sp³-hybridized carbons (Fsp3) is 0.312. The van der Waals surface area contributed by atoms with Crippen molar-refractivity contribution in [3.05, 3.63) is 40.4 Å². The number of amides is 3. The van der Waals surface area contributed by atoms with Crippen molar-refractivity contribution in [3.8, 4) is 0 Å². The first-order valence-corrected chi connectivity index (χ1v) is 8.79. The molecule has 0 bridgehead atoms. The zero-order valence-electron chi connectivity index (χ0n) is 13.4. The molecule has 0 saturated carbocycles. The number of carbonyl (C=O) groups excluding carboxylic acids is 2. The number of anilines is 2. The lowest BCUT2D eigenvalue weighted by atomic mass is 10.2. The summed E-state index contributed by atoms with van der Waals surface area (Å²) in [6.45, 7) is 3.96. The molecule has 2 rings (SSSR count). The molecule has 3 N–H and O–H groups in total. The Morgan fingerprint density at radius 2 is 2.12 bits per heavy atom. The summed E-state index contributed by atoms with van der Waals surface area (Å²) in [5.41, 5.74) is 1.21. The van der Waals surface area contributed by atoms with Crippen LogP contribution in [0.5, 0.6) is 0 Å². The predicted octanol–water partition coefficient (Wildman–Crippen LogP) is 3.90. The molecule has 0 aliphatic carbocycles. The summed E-state index contributed by atoms with van der Waals surface area (Å²) in [6, 6.07) is 6.57. The number of aromatic nitrogens is 1. The molecule has 0 radical (unpaired) electrons. The van der Waals surface area contributed by atoms with E-state index in [1.807, 2.05) is 13.8 Å². The third kappa shape index (κ3) is 5.82. The van der Waals surface area contributed by atoms with Crippen LogP contribution < -0.4 is 16.0 Å². The molecule has 1 aromatic carbocycles. The molecule has 2 aromatic rings. The number of hydrogen-bond donors (Lipinski definition) is 3. The number of carbonyl (C=O) groups is 2. The average Bonchev–Trinajstić information content (AvgIpc) is 2.93. The Morgan fingerprint density at radius 3 is 2.83 bits per heavy atom. The van der Waals surface area contributed by atoms with E-state index in [1.165, 1.54) is 11.3 Å². The summed E-state index contributed by atoms with van der Waals surface area (Å²) in [4.78, 5) is 28.0. The van der Waals surface area contributed by atoms with Gasteiger partial charge in [-0.2, -0.15) is 0 Å². The smallest absolute Gasteiger partial charge is 0.325 e. The largest absolute Gasteiger partial charge is 0.353 e. The third-order valence-electron chi connectivity index (χ3n) is 3.22. The van der Waals surface area contributed by atoms with Crippen LogP contribution in [0.4, 0.5) is 15.6 Å². The second-order valence-corrected chi connectivity index (χ2v) is 6.58. The topological polar surface area (TPSA) is 83.1 Å². The van der Waals surface area contributed by atoms with Gasteiger partial charge >= 0.3 is 6.03 Å². The number of hydrogen-bond acceptors (Lipinski definition) is 4. The van der Waals surface area contributed by atoms with Gasteiger partial charge in [0, 0.05) is 22.1 Å². The number of rotatable bonds is 6. The Labute approximate surface area is 149 Å². The zero-order chi connectivity index (χ0) is 17.5. The van der Waals surface area contributed by atoms with Crippen LogP contribution >= 0.6 is 22.9 Å². The number of benzene rings is 1. The molecule has 1 aromatic heterocycles. The second kappa shape index (κ2) is 8.65. The summed E-state index contributed by atoms with van der Waals surface area (Å²) in [5.74, 6) is -0.0791. The van der Waals surface area contributed by atoms with Gasteiger partial charge in [-0.15, -0.1) is 11.3 Å². The van der Waals surface area contributed by atoms with E-state index in [-0.39, 0.29) is 18.4 Å². The minimum absolute atomic E-state index is 0.0791. The van der Waals surface area contributed by atoms with Gasteiger partial charge < -0.3 is 10.6 Å². The Bertz CT molecular complexity index is 720. The van der Waals surface area contributed by atoms with Crippen molar-refractivity contribution in [2.75, 3.05) is 10.6 Å². The van der Waals surface area contributed by atoms with Crippen LogP contribution in [0.25, 0.3) is 0 Å². The van der Waals surface area contributed by atoms with Crippen molar-refractivity contribution in [2.45, 2.75) is 32.7 Å². The minimum Gasteiger partial charge on any atom is -0.353 e. The van der Waals surface area contributed by atoms with Gasteiger partial charge in [-0.05, 0) is 31.5 Å². The first kappa shape index (κ1) is 18.2. The van der Waals surface area contributed by atoms with Crippen LogP contribution in [0.3, 0.4) is 0 Å². The van der Waals surface area contributed by atoms with Gasteiger partial charge in [0.15, 0.2) is 5.13 Å². The van der Waals surface area contributed by atoms with Crippen molar-refractivity contribution in [3.63, 3.8) is 0 Å². The molecule has 3 amide bonds. The molecule has 24 heavy (non-hydrogen) atoms. The standard InChI is InChI=1S/C16H19ClN4O2S/c1-3-10(2)18-14(22)8-13-9-24-16(20-13)21-15(23)19-12-6-4-5-11(17)7-12/h4-7,9-10H,3,8H2,1-2H3,(H,18,22)(H2,19,20,21,23)/t10-/m1/s1. The third-order valence-corrected chi connectivity index (χ3v) is 4.26. The SMILES string of the molecule is CC[C@@H](C)NC(=O)Cc1csc(NC(=O)Nc2cccc(Cl)c2)n1. The fourth-order valence-electron chi connectivity index (χ4n) is 1.86. The quantitative estimate of drug-likeness (QED) is 0.725. The highest BCUT2D eigenvalue weighted by atomic mass is 35.5. The lowest BCUT2D eigenvalue weighted by molar-refractivity contribution is -0.121. The van der Waals surface area contributed by atoms with E-state index in [0.29, 0.717) is 21.5 Å². The molecule has 0 fully saturated rings. The molecule has 1 heterocycles. The van der Waals surface area contributed by atoms with Crippen LogP contribution in [0, 0.1) is 0 Å². The summed E-state index contributed by atoms with van der Waals surface area (Å²) in [7, 11) is 0. The number of nitrogens with zero attached hydrogens (tertiary/aromatic N) is 1. The van der Waals surface area contributed by atoms with Crippen LogP contribution in [-0.2, 0) is 11.2 Å². The molecule has 1 atom stereocenters. The van der Waals surface area contributed by atoms with Gasteiger partial charge in [0.05, 0.1) is 12.1 Å². The van der Waals surface area contributed by atoms with E-state index in [2.05, 4.69) is 20.9 Å². The van der Waals surface area contributed by atoms with Crippen molar-refractivity contribution in [1.29, 1.82) is 0 Å². The van der Waals surface area contributed by atoms with Crippen molar-refractivity contribution < 1.29 is 9.59 Å². The first-order valence-electron chi connectivity index (χ1n) is 7.53. The number of nitrogens with one attached hydrogen (secondary N) is 3. The van der Waals surface area contributed by atoms with Gasteiger partial charge in [0.25, 0.3) is 0 Å². The molecule has 0 aliphatic rings. The van der Waals surface area contributed by atoms with E-state index in [4.69, 9.17) is 11.6 Å². The first-order chi connectivity index (χ1) is 11.5. The molecule has 128 valence electrons. The Morgan fingerprint density at radius 1 is 1.33 bits per heavy atom. The molecular weight excluding hydrogens is 348 g/mol. The van der Waals surface area contributed by atoms with Crippen molar-refractivity contribution in [1.82, 2.24) is 10.3 Å². The fourth-order valence-corrected chi connectivity index (χ4v) is 2.76. The Balaban J connectivity index is 1.86. The van der Waals surface area contributed by atoms with Gasteiger partial charge in [0.2, 0.25) is 5.91 Å². The number of urea groups is 1. The molecule has 6 nitrogen and oxygen atoms in total. The van der Waals surface area contributed by atoms with Crippen LogP contribution in [0.2, 0.25) is 5.02 Å². The summed E-state index contributed by atoms with van der Waals surface area (Å²) in [6.07, 6.45) is 1.07. The molecule has 0 aliphatic heterocycles. The zero-order valence-corrected chi connectivity index (χ0v) is 15.0. The molecule has 0 unspecified atom stereocenters. The minimum atomic E-state index is -0.415. The van der Waals surface area contributed by atoms with Gasteiger partial charge in [-0.25, -0.2) is 9.78 Å². The highest BCUT2D eigenvalue weighted by molar-refractivity contribution is 7.14. The summed E-state index contributed by atoms with van der Waals surface area (Å²) < 4.78 is 0. The highest BCUT2D eigenvalue weighted by Crippen LogP contribution is 2.18. The predicted molar refractivity (Wildman–Crippen MR) is 97.8 cm³/mol. The monoisotopic (exact) mass is 366 g/mol. The normalized spacial score (nSPS) is 11.6. The number of thiazole rings is 1. The highest BCUT2D eigenvalue weighted by Gasteiger charge is 2.11. The van der Waals surface area contributed by atoms with Crippen molar-refractivity contribution in [2.24, 2.45) is 0 Å². The number of halogens is 1. The van der Waals surface area contributed by atoms with Crippen molar-refractivity contribution >= 4 is 45.7 Å². The Hall–Kier alpha value is -2.12.